The Morgan fingerprint density at radius 1 is 1.35 bits per heavy atom. The second-order valence-electron chi connectivity index (χ2n) is 5.71. The van der Waals surface area contributed by atoms with Crippen LogP contribution in [0, 0.1) is 16.7 Å². The molecule has 7 heteroatoms. The fraction of sp³-hybridized carbons (Fsp3) is 0.769. The Kier molecular flexibility index (Phi) is 5.99. The van der Waals surface area contributed by atoms with Crippen LogP contribution in [0.5, 0.6) is 0 Å². The zero-order valence-corrected chi connectivity index (χ0v) is 12.6. The van der Waals surface area contributed by atoms with Crippen molar-refractivity contribution in [2.45, 2.75) is 40.5 Å². The van der Waals surface area contributed by atoms with Crippen LogP contribution in [-0.2, 0) is 14.3 Å². The number of carbonyl (C=O) groups is 2. The predicted octanol–water partition coefficient (Wildman–Crippen LogP) is 1.44. The van der Waals surface area contributed by atoms with Gasteiger partial charge in [-0.25, -0.2) is 0 Å². The number of rotatable bonds is 2. The number of aliphatic carboxylic acids is 1. The quantitative estimate of drug-likeness (QED) is 0.232. The van der Waals surface area contributed by atoms with Crippen molar-refractivity contribution in [1.82, 2.24) is 0 Å². The molecule has 4 N–H and O–H groups in total. The Hall–Kier alpha value is -1.79. The molecule has 0 spiro atoms. The molecule has 0 aromatic rings. The lowest BCUT2D eigenvalue weighted by atomic mass is 9.66. The van der Waals surface area contributed by atoms with Crippen LogP contribution in [-0.4, -0.2) is 35.2 Å². The largest absolute Gasteiger partial charge is 0.481 e. The molecule has 0 bridgehead atoms. The molecule has 1 aliphatic rings. The van der Waals surface area contributed by atoms with Crippen LogP contribution in [0.3, 0.4) is 0 Å². The minimum atomic E-state index is -0.841. The number of hydrogen-bond donors (Lipinski definition) is 3. The number of carboxylic acid groups (broad SMARTS) is 1. The molecular formula is C13H24N2O5. The third-order valence-corrected chi connectivity index (χ3v) is 4.34. The summed E-state index contributed by atoms with van der Waals surface area (Å²) < 4.78 is 4.71. The van der Waals surface area contributed by atoms with E-state index in [-0.39, 0.29) is 17.7 Å². The summed E-state index contributed by atoms with van der Waals surface area (Å²) in [6, 6.07) is 0. The van der Waals surface area contributed by atoms with Crippen LogP contribution in [0.4, 0.5) is 0 Å². The average Bonchev–Trinajstić information content (AvgIpc) is 2.61. The molecule has 20 heavy (non-hydrogen) atoms. The Morgan fingerprint density at radius 3 is 2.05 bits per heavy atom. The molecule has 1 fully saturated rings. The van der Waals surface area contributed by atoms with Crippen LogP contribution in [0.2, 0.25) is 0 Å². The van der Waals surface area contributed by atoms with Gasteiger partial charge in [-0.2, -0.15) is 0 Å². The maximum Gasteiger partial charge on any atom is 0.309 e. The van der Waals surface area contributed by atoms with Gasteiger partial charge in [-0.3, -0.25) is 9.59 Å². The van der Waals surface area contributed by atoms with Crippen molar-refractivity contribution in [1.29, 1.82) is 0 Å². The Morgan fingerprint density at radius 2 is 1.80 bits per heavy atom. The number of methoxy groups -OCH3 is 1. The highest BCUT2D eigenvalue weighted by atomic mass is 16.5. The van der Waals surface area contributed by atoms with Gasteiger partial charge in [0.2, 0.25) is 0 Å². The lowest BCUT2D eigenvalue weighted by Gasteiger charge is -2.37. The van der Waals surface area contributed by atoms with Gasteiger partial charge in [-0.05, 0) is 32.1 Å². The van der Waals surface area contributed by atoms with E-state index in [0.29, 0.717) is 12.8 Å². The van der Waals surface area contributed by atoms with Crippen LogP contribution in [0.15, 0.2) is 5.16 Å². The lowest BCUT2D eigenvalue weighted by molar-refractivity contribution is -0.159. The first-order valence-electron chi connectivity index (χ1n) is 6.30. The van der Waals surface area contributed by atoms with Gasteiger partial charge in [0.25, 0.3) is 0 Å². The van der Waals surface area contributed by atoms with E-state index in [1.54, 1.807) is 6.92 Å². The van der Waals surface area contributed by atoms with Gasteiger partial charge in [0.1, 0.15) is 5.84 Å². The van der Waals surface area contributed by atoms with Crippen molar-refractivity contribution < 1.29 is 24.6 Å². The molecule has 116 valence electrons. The third-order valence-electron chi connectivity index (χ3n) is 4.34. The molecule has 1 saturated carbocycles. The maximum absolute atomic E-state index is 11.5. The summed E-state index contributed by atoms with van der Waals surface area (Å²) in [5, 5.41) is 19.4. The second kappa shape index (κ2) is 6.58. The van der Waals surface area contributed by atoms with E-state index in [2.05, 4.69) is 5.16 Å². The standard InChI is InChI=1S/C11H18O4.C2H6N2O/c1-10(2)7(8(12)15-4)5-6-11(10,3)9(13)14;1-2(3)4-5/h7H,5-6H2,1-4H3,(H,13,14);5H,1H3,(H2,3,4)/t7-,11+;/m0./s1. The fourth-order valence-corrected chi connectivity index (χ4v) is 2.44. The molecule has 0 saturated heterocycles. The molecule has 0 unspecified atom stereocenters. The van der Waals surface area contributed by atoms with Crippen LogP contribution < -0.4 is 5.73 Å². The summed E-state index contributed by atoms with van der Waals surface area (Å²) in [5.41, 5.74) is 3.39. The first-order chi connectivity index (χ1) is 9.04. The summed E-state index contributed by atoms with van der Waals surface area (Å²) >= 11 is 0. The molecule has 0 amide bonds. The minimum Gasteiger partial charge on any atom is -0.481 e. The van der Waals surface area contributed by atoms with Crippen LogP contribution in [0.1, 0.15) is 40.5 Å². The van der Waals surface area contributed by atoms with Crippen molar-refractivity contribution in [3.8, 4) is 0 Å². The van der Waals surface area contributed by atoms with Gasteiger partial charge in [-0.15, -0.1) is 0 Å². The zero-order valence-electron chi connectivity index (χ0n) is 12.6. The van der Waals surface area contributed by atoms with Crippen molar-refractivity contribution in [2.24, 2.45) is 27.6 Å². The summed E-state index contributed by atoms with van der Waals surface area (Å²) in [6.45, 7) is 6.86. The van der Waals surface area contributed by atoms with Gasteiger partial charge in [0, 0.05) is 0 Å². The monoisotopic (exact) mass is 288 g/mol. The van der Waals surface area contributed by atoms with Crippen molar-refractivity contribution in [3.63, 3.8) is 0 Å². The first-order valence-corrected chi connectivity index (χ1v) is 6.30. The van der Waals surface area contributed by atoms with E-state index in [4.69, 9.17) is 15.7 Å². The first kappa shape index (κ1) is 18.2. The van der Waals surface area contributed by atoms with Gasteiger partial charge in [-0.1, -0.05) is 19.0 Å². The molecular weight excluding hydrogens is 264 g/mol. The smallest absolute Gasteiger partial charge is 0.309 e. The van der Waals surface area contributed by atoms with E-state index in [1.807, 2.05) is 13.8 Å². The molecule has 1 rings (SSSR count). The molecule has 0 heterocycles. The van der Waals surface area contributed by atoms with Crippen molar-refractivity contribution in [3.05, 3.63) is 0 Å². The minimum absolute atomic E-state index is 0.185. The summed E-state index contributed by atoms with van der Waals surface area (Å²) in [4.78, 5) is 22.8. The van der Waals surface area contributed by atoms with Gasteiger partial charge in [0.05, 0.1) is 18.4 Å². The Balaban J connectivity index is 0.000000621. The normalized spacial score (nSPS) is 28.2. The highest BCUT2D eigenvalue weighted by Crippen LogP contribution is 2.56. The summed E-state index contributed by atoms with van der Waals surface area (Å²) in [5.74, 6) is -1.27. The van der Waals surface area contributed by atoms with Crippen LogP contribution in [0.25, 0.3) is 0 Å². The SMILES string of the molecule is C/C(N)=N\O.COC(=O)[C@@H]1CC[C@](C)(C(=O)O)C1(C)C. The summed E-state index contributed by atoms with van der Waals surface area (Å²) in [7, 11) is 1.34. The third kappa shape index (κ3) is 3.40. The fourth-order valence-electron chi connectivity index (χ4n) is 2.44. The molecule has 0 aromatic carbocycles. The molecule has 7 nitrogen and oxygen atoms in total. The number of ether oxygens (including phenoxy) is 1. The Labute approximate surface area is 118 Å². The number of carboxylic acids is 1. The molecule has 2 atom stereocenters. The van der Waals surface area contributed by atoms with E-state index < -0.39 is 16.8 Å². The maximum atomic E-state index is 11.5. The molecule has 0 radical (unpaired) electrons. The Bertz CT molecular complexity index is 402. The number of nitrogens with two attached hydrogens (primary N) is 1. The molecule has 1 aliphatic carbocycles. The average molecular weight is 288 g/mol. The lowest BCUT2D eigenvalue weighted by Crippen LogP contribution is -2.42. The number of esters is 1. The second-order valence-corrected chi connectivity index (χ2v) is 5.71. The van der Waals surface area contributed by atoms with E-state index in [0.717, 1.165) is 0 Å². The molecule has 0 aliphatic heterocycles. The zero-order chi connectivity index (χ0) is 16.1. The van der Waals surface area contributed by atoms with Gasteiger partial charge < -0.3 is 20.8 Å². The highest BCUT2D eigenvalue weighted by Gasteiger charge is 2.58. The number of hydrogen-bond acceptors (Lipinski definition) is 5. The van der Waals surface area contributed by atoms with Crippen molar-refractivity contribution >= 4 is 17.8 Å². The number of carbonyl (C=O) groups excluding carboxylic acids is 1. The topological polar surface area (TPSA) is 122 Å². The number of oxime groups is 1. The van der Waals surface area contributed by atoms with Gasteiger partial charge in [0.15, 0.2) is 0 Å². The van der Waals surface area contributed by atoms with E-state index in [1.165, 1.54) is 14.0 Å². The highest BCUT2D eigenvalue weighted by molar-refractivity contribution is 5.80. The van der Waals surface area contributed by atoms with Crippen LogP contribution >= 0.6 is 0 Å². The van der Waals surface area contributed by atoms with E-state index in [9.17, 15) is 14.7 Å². The number of amidine groups is 1. The molecule has 0 aromatic heterocycles. The number of nitrogens with zero attached hydrogens (tertiary/aromatic N) is 1. The van der Waals surface area contributed by atoms with Crippen molar-refractivity contribution in [2.75, 3.05) is 7.11 Å². The predicted molar refractivity (Wildman–Crippen MR) is 73.3 cm³/mol. The summed E-state index contributed by atoms with van der Waals surface area (Å²) in [6.07, 6.45) is 1.11. The van der Waals surface area contributed by atoms with Gasteiger partial charge >= 0.3 is 11.9 Å². The van der Waals surface area contributed by atoms with E-state index >= 15 is 0 Å².